The molecule has 0 amide bonds. The second kappa shape index (κ2) is 7.58. The Hall–Kier alpha value is -2.75. The van der Waals surface area contributed by atoms with Gasteiger partial charge in [0.05, 0.1) is 17.3 Å². The number of ether oxygens (including phenoxy) is 1. The Balaban J connectivity index is 1.57. The van der Waals surface area contributed by atoms with Crippen LogP contribution in [0, 0.1) is 0 Å². The van der Waals surface area contributed by atoms with Crippen molar-refractivity contribution in [3.63, 3.8) is 0 Å². The number of hydrogen-bond acceptors (Lipinski definition) is 6. The summed E-state index contributed by atoms with van der Waals surface area (Å²) < 4.78 is 33.3. The largest absolute Gasteiger partial charge is 0.497 e. The first-order valence-electron chi connectivity index (χ1n) is 9.01. The Morgan fingerprint density at radius 2 is 2.00 bits per heavy atom. The van der Waals surface area contributed by atoms with E-state index in [9.17, 15) is 8.78 Å². The molecule has 0 unspecified atom stereocenters. The smallest absolute Gasteiger partial charge is 0.270 e. The van der Waals surface area contributed by atoms with E-state index in [0.29, 0.717) is 33.5 Å². The lowest BCUT2D eigenvalue weighted by Gasteiger charge is -2.15. The van der Waals surface area contributed by atoms with Gasteiger partial charge in [-0.3, -0.25) is 5.10 Å². The van der Waals surface area contributed by atoms with Crippen molar-refractivity contribution in [3.05, 3.63) is 46.2 Å². The molecule has 1 fully saturated rings. The van der Waals surface area contributed by atoms with Crippen molar-refractivity contribution in [2.75, 3.05) is 17.7 Å². The van der Waals surface area contributed by atoms with E-state index in [1.165, 1.54) is 19.2 Å². The lowest BCUT2D eigenvalue weighted by molar-refractivity contribution is 0.0173. The van der Waals surface area contributed by atoms with Gasteiger partial charge in [-0.15, -0.1) is 0 Å². The van der Waals surface area contributed by atoms with Crippen LogP contribution in [-0.4, -0.2) is 27.3 Å². The number of alkyl halides is 2. The summed E-state index contributed by atoms with van der Waals surface area (Å²) in [5.41, 5.74) is 1.26. The molecule has 10 heteroatoms. The van der Waals surface area contributed by atoms with E-state index in [1.54, 1.807) is 12.3 Å². The van der Waals surface area contributed by atoms with Gasteiger partial charge in [-0.05, 0) is 40.9 Å². The molecule has 0 radical (unpaired) electrons. The summed E-state index contributed by atoms with van der Waals surface area (Å²) in [6, 6.07) is 6.20. The monoisotopic (exact) mass is 464 g/mol. The third-order valence-corrected chi connectivity index (χ3v) is 5.08. The highest BCUT2D eigenvalue weighted by Crippen LogP contribution is 2.40. The van der Waals surface area contributed by atoms with Gasteiger partial charge in [0.25, 0.3) is 5.92 Å². The molecule has 0 spiro atoms. The molecular weight excluding hydrogens is 446 g/mol. The molecule has 29 heavy (non-hydrogen) atoms. The SMILES string of the molecule is COc1cc(Nc2ncc(Br)c(Nc3cc(C4CC4)n[nH]3)n2)cc(C(C)(F)F)c1. The summed E-state index contributed by atoms with van der Waals surface area (Å²) >= 11 is 3.41. The van der Waals surface area contributed by atoms with E-state index < -0.39 is 5.92 Å². The zero-order chi connectivity index (χ0) is 20.6. The second-order valence-electron chi connectivity index (χ2n) is 6.96. The van der Waals surface area contributed by atoms with Crippen molar-refractivity contribution >= 4 is 39.2 Å². The van der Waals surface area contributed by atoms with Gasteiger partial charge in [0, 0.05) is 42.4 Å². The molecule has 0 bridgehead atoms. The van der Waals surface area contributed by atoms with Gasteiger partial charge in [-0.25, -0.2) is 13.8 Å². The number of benzene rings is 1. The van der Waals surface area contributed by atoms with Crippen LogP contribution in [0.15, 0.2) is 34.9 Å². The van der Waals surface area contributed by atoms with Gasteiger partial charge < -0.3 is 15.4 Å². The van der Waals surface area contributed by atoms with Crippen LogP contribution in [0.25, 0.3) is 0 Å². The van der Waals surface area contributed by atoms with Crippen LogP contribution in [-0.2, 0) is 5.92 Å². The van der Waals surface area contributed by atoms with Gasteiger partial charge in [0.2, 0.25) is 5.95 Å². The average molecular weight is 465 g/mol. The van der Waals surface area contributed by atoms with Gasteiger partial charge in [0.1, 0.15) is 11.6 Å². The minimum Gasteiger partial charge on any atom is -0.497 e. The fourth-order valence-electron chi connectivity index (χ4n) is 2.80. The predicted molar refractivity (Wildman–Crippen MR) is 109 cm³/mol. The third-order valence-electron chi connectivity index (χ3n) is 4.50. The van der Waals surface area contributed by atoms with Gasteiger partial charge in [-0.1, -0.05) is 0 Å². The fraction of sp³-hybridized carbons (Fsp3) is 0.316. The zero-order valence-electron chi connectivity index (χ0n) is 15.8. The molecule has 1 saturated carbocycles. The number of hydrogen-bond donors (Lipinski definition) is 3. The Labute approximate surface area is 174 Å². The first kappa shape index (κ1) is 19.6. The fourth-order valence-corrected chi connectivity index (χ4v) is 3.09. The average Bonchev–Trinajstić information content (AvgIpc) is 3.43. The molecule has 152 valence electrons. The number of nitrogens with zero attached hydrogens (tertiary/aromatic N) is 3. The molecule has 0 aliphatic heterocycles. The molecule has 1 aliphatic rings. The van der Waals surface area contributed by atoms with Crippen molar-refractivity contribution < 1.29 is 13.5 Å². The van der Waals surface area contributed by atoms with Crippen LogP contribution in [0.2, 0.25) is 0 Å². The van der Waals surface area contributed by atoms with E-state index in [-0.39, 0.29) is 11.5 Å². The van der Waals surface area contributed by atoms with Crippen LogP contribution < -0.4 is 15.4 Å². The molecular formula is C19H19BrF2N6O. The molecule has 0 saturated heterocycles. The molecule has 3 N–H and O–H groups in total. The first-order chi connectivity index (χ1) is 13.8. The maximum Gasteiger partial charge on any atom is 0.270 e. The highest BCUT2D eigenvalue weighted by molar-refractivity contribution is 9.10. The molecule has 4 rings (SSSR count). The molecule has 3 aromatic rings. The highest BCUT2D eigenvalue weighted by atomic mass is 79.9. The molecule has 1 aromatic carbocycles. The molecule has 1 aliphatic carbocycles. The molecule has 7 nitrogen and oxygen atoms in total. The van der Waals surface area contributed by atoms with Crippen molar-refractivity contribution in [2.24, 2.45) is 0 Å². The minimum atomic E-state index is -3.00. The first-order valence-corrected chi connectivity index (χ1v) is 9.80. The van der Waals surface area contributed by atoms with Crippen molar-refractivity contribution in [3.8, 4) is 5.75 Å². The zero-order valence-corrected chi connectivity index (χ0v) is 17.3. The molecule has 2 heterocycles. The van der Waals surface area contributed by atoms with Gasteiger partial charge >= 0.3 is 0 Å². The minimum absolute atomic E-state index is 0.167. The number of aromatic nitrogens is 4. The Morgan fingerprint density at radius 3 is 2.69 bits per heavy atom. The van der Waals surface area contributed by atoms with Crippen LogP contribution in [0.4, 0.5) is 32.1 Å². The summed E-state index contributed by atoms with van der Waals surface area (Å²) in [6.07, 6.45) is 3.90. The predicted octanol–water partition coefficient (Wildman–Crippen LogP) is 5.45. The Morgan fingerprint density at radius 1 is 1.21 bits per heavy atom. The number of H-pyrrole nitrogens is 1. The number of nitrogens with one attached hydrogen (secondary N) is 3. The number of anilines is 4. The van der Waals surface area contributed by atoms with E-state index in [0.717, 1.165) is 25.5 Å². The van der Waals surface area contributed by atoms with Crippen molar-refractivity contribution in [2.45, 2.75) is 31.6 Å². The molecule has 2 aromatic heterocycles. The van der Waals surface area contributed by atoms with Gasteiger partial charge in [-0.2, -0.15) is 10.1 Å². The number of aromatic amines is 1. The second-order valence-corrected chi connectivity index (χ2v) is 7.81. The number of halogens is 3. The van der Waals surface area contributed by atoms with E-state index in [4.69, 9.17) is 4.74 Å². The van der Waals surface area contributed by atoms with Crippen molar-refractivity contribution in [1.29, 1.82) is 0 Å². The summed E-state index contributed by atoms with van der Waals surface area (Å²) in [4.78, 5) is 8.63. The van der Waals surface area contributed by atoms with Crippen LogP contribution in [0.3, 0.4) is 0 Å². The van der Waals surface area contributed by atoms with Crippen LogP contribution in [0.1, 0.15) is 36.9 Å². The molecule has 0 atom stereocenters. The summed E-state index contributed by atoms with van der Waals surface area (Å²) in [5, 5.41) is 13.4. The van der Waals surface area contributed by atoms with E-state index in [1.807, 2.05) is 6.07 Å². The maximum absolute atomic E-state index is 13.8. The lowest BCUT2D eigenvalue weighted by atomic mass is 10.1. The Kier molecular flexibility index (Phi) is 5.12. The maximum atomic E-state index is 13.8. The number of rotatable bonds is 7. The van der Waals surface area contributed by atoms with Gasteiger partial charge in [0.15, 0.2) is 5.82 Å². The topological polar surface area (TPSA) is 87.8 Å². The normalized spacial score (nSPS) is 14.0. The highest BCUT2D eigenvalue weighted by Gasteiger charge is 2.27. The Bertz CT molecular complexity index is 1030. The summed E-state index contributed by atoms with van der Waals surface area (Å²) in [7, 11) is 1.43. The van der Waals surface area contributed by atoms with E-state index >= 15 is 0 Å². The van der Waals surface area contributed by atoms with Crippen molar-refractivity contribution in [1.82, 2.24) is 20.2 Å². The van der Waals surface area contributed by atoms with Crippen LogP contribution >= 0.6 is 15.9 Å². The summed E-state index contributed by atoms with van der Waals surface area (Å²) in [6.45, 7) is 0.837. The third kappa shape index (κ3) is 4.64. The number of methoxy groups -OCH3 is 1. The van der Waals surface area contributed by atoms with Crippen LogP contribution in [0.5, 0.6) is 5.75 Å². The quantitative estimate of drug-likeness (QED) is 0.430. The van der Waals surface area contributed by atoms with E-state index in [2.05, 4.69) is 46.7 Å². The lowest BCUT2D eigenvalue weighted by Crippen LogP contribution is -2.08. The summed E-state index contributed by atoms with van der Waals surface area (Å²) in [5.74, 6) is -0.683. The standard InChI is InChI=1S/C19H19BrF2N6O/c1-19(21,22)11-5-12(7-13(6-11)29-2)24-18-23-9-14(20)17(26-18)25-16-8-15(27-28-16)10-3-4-10/h5-10H,3-4H2,1-2H3,(H3,23,24,25,26,27,28).